The maximum Gasteiger partial charge on any atom is 0.230 e. The average Bonchev–Trinajstić information content (AvgIpc) is 2.76. The van der Waals surface area contributed by atoms with E-state index in [0.29, 0.717) is 11.7 Å². The van der Waals surface area contributed by atoms with E-state index < -0.39 is 0 Å². The summed E-state index contributed by atoms with van der Waals surface area (Å²) in [5, 5.41) is 12.6. The normalized spacial score (nSPS) is 40.9. The fourth-order valence-electron chi connectivity index (χ4n) is 4.87. The lowest BCUT2D eigenvalue weighted by molar-refractivity contribution is -0.0131. The highest BCUT2D eigenvalue weighted by Crippen LogP contribution is 2.59. The second-order valence-corrected chi connectivity index (χ2v) is 6.34. The third kappa shape index (κ3) is 1.50. The van der Waals surface area contributed by atoms with Crippen molar-refractivity contribution in [3.63, 3.8) is 0 Å². The molecule has 0 spiro atoms. The van der Waals surface area contributed by atoms with Gasteiger partial charge >= 0.3 is 0 Å². The molecule has 0 aliphatic heterocycles. The van der Waals surface area contributed by atoms with Crippen LogP contribution in [0.25, 0.3) is 0 Å². The molecule has 4 saturated carbocycles. The first-order valence-corrected chi connectivity index (χ1v) is 7.03. The number of nitrogens with zero attached hydrogens (tertiary/aromatic N) is 3. The Morgan fingerprint density at radius 3 is 2.39 bits per heavy atom. The van der Waals surface area contributed by atoms with Gasteiger partial charge in [-0.25, -0.2) is 0 Å². The van der Waals surface area contributed by atoms with Gasteiger partial charge in [-0.2, -0.15) is 10.2 Å². The van der Waals surface area contributed by atoms with Gasteiger partial charge in [-0.3, -0.25) is 0 Å². The number of nitriles is 1. The van der Waals surface area contributed by atoms with Crippen LogP contribution in [-0.2, 0) is 6.42 Å². The average molecular weight is 243 g/mol. The van der Waals surface area contributed by atoms with Crippen molar-refractivity contribution in [3.8, 4) is 6.07 Å². The van der Waals surface area contributed by atoms with Crippen molar-refractivity contribution in [1.29, 1.82) is 5.26 Å². The van der Waals surface area contributed by atoms with Crippen molar-refractivity contribution in [2.45, 2.75) is 44.4 Å². The summed E-state index contributed by atoms with van der Waals surface area (Å²) >= 11 is 0. The van der Waals surface area contributed by atoms with Crippen molar-refractivity contribution >= 4 is 0 Å². The Hall–Kier alpha value is -1.37. The second kappa shape index (κ2) is 3.81. The van der Waals surface area contributed by atoms with Gasteiger partial charge in [0, 0.05) is 5.92 Å². The third-order valence-electron chi connectivity index (χ3n) is 5.23. The van der Waals surface area contributed by atoms with Gasteiger partial charge in [-0.05, 0) is 55.8 Å². The van der Waals surface area contributed by atoms with Crippen molar-refractivity contribution in [1.82, 2.24) is 10.1 Å². The third-order valence-corrected chi connectivity index (χ3v) is 5.23. The summed E-state index contributed by atoms with van der Waals surface area (Å²) in [7, 11) is 0. The SMILES string of the molecule is N#CCc1noc(C2C3CC4CC(C3)CC2C4)n1. The van der Waals surface area contributed by atoms with E-state index in [1.54, 1.807) is 0 Å². The summed E-state index contributed by atoms with van der Waals surface area (Å²) in [4.78, 5) is 4.45. The standard InChI is InChI=1S/C14H17N3O/c15-2-1-12-16-14(18-17-12)13-10-4-8-3-9(6-10)7-11(13)5-8/h8-11,13H,1,3-7H2. The largest absolute Gasteiger partial charge is 0.339 e. The molecule has 0 N–H and O–H groups in total. The topological polar surface area (TPSA) is 62.7 Å². The smallest absolute Gasteiger partial charge is 0.230 e. The molecule has 0 radical (unpaired) electrons. The second-order valence-electron chi connectivity index (χ2n) is 6.34. The van der Waals surface area contributed by atoms with E-state index in [-0.39, 0.29) is 6.42 Å². The molecule has 4 bridgehead atoms. The zero-order chi connectivity index (χ0) is 12.1. The molecule has 0 aromatic carbocycles. The van der Waals surface area contributed by atoms with Gasteiger partial charge < -0.3 is 4.52 Å². The van der Waals surface area contributed by atoms with Gasteiger partial charge in [0.05, 0.1) is 12.5 Å². The molecule has 0 saturated heterocycles. The zero-order valence-corrected chi connectivity index (χ0v) is 10.4. The van der Waals surface area contributed by atoms with Crippen molar-refractivity contribution in [2.24, 2.45) is 23.7 Å². The van der Waals surface area contributed by atoms with E-state index in [1.165, 1.54) is 32.1 Å². The molecular formula is C14H17N3O. The maximum atomic E-state index is 8.67. The fourth-order valence-corrected chi connectivity index (χ4v) is 4.87. The zero-order valence-electron chi connectivity index (χ0n) is 10.4. The van der Waals surface area contributed by atoms with Gasteiger partial charge in [0.25, 0.3) is 0 Å². The van der Waals surface area contributed by atoms with Gasteiger partial charge in [0.1, 0.15) is 0 Å². The molecule has 4 heteroatoms. The molecule has 4 fully saturated rings. The fraction of sp³-hybridized carbons (Fsp3) is 0.786. The van der Waals surface area contributed by atoms with Crippen LogP contribution in [0.5, 0.6) is 0 Å². The Morgan fingerprint density at radius 2 is 1.78 bits per heavy atom. The van der Waals surface area contributed by atoms with E-state index in [0.717, 1.165) is 29.6 Å². The van der Waals surface area contributed by atoms with Crippen molar-refractivity contribution in [2.75, 3.05) is 0 Å². The lowest BCUT2D eigenvalue weighted by Gasteiger charge is -2.53. The van der Waals surface area contributed by atoms with Crippen LogP contribution < -0.4 is 0 Å². The number of hydrogen-bond donors (Lipinski definition) is 0. The molecule has 18 heavy (non-hydrogen) atoms. The minimum absolute atomic E-state index is 0.261. The highest BCUT2D eigenvalue weighted by molar-refractivity contribution is 5.09. The molecule has 94 valence electrons. The Balaban J connectivity index is 1.62. The number of rotatable bonds is 2. The predicted octanol–water partition coefficient (Wildman–Crippen LogP) is 2.68. The summed E-state index contributed by atoms with van der Waals surface area (Å²) in [6, 6.07) is 2.08. The number of hydrogen-bond acceptors (Lipinski definition) is 4. The van der Waals surface area contributed by atoms with Gasteiger partial charge in [0.15, 0.2) is 5.82 Å². The van der Waals surface area contributed by atoms with Crippen LogP contribution in [0.3, 0.4) is 0 Å². The number of aromatic nitrogens is 2. The van der Waals surface area contributed by atoms with Crippen LogP contribution in [0, 0.1) is 35.0 Å². The molecule has 0 atom stereocenters. The summed E-state index contributed by atoms with van der Waals surface area (Å²) in [5.74, 6) is 5.30. The molecule has 0 unspecified atom stereocenters. The van der Waals surface area contributed by atoms with Crippen LogP contribution >= 0.6 is 0 Å². The van der Waals surface area contributed by atoms with Crippen molar-refractivity contribution < 1.29 is 4.52 Å². The van der Waals surface area contributed by atoms with Crippen LogP contribution in [0.4, 0.5) is 0 Å². The minimum Gasteiger partial charge on any atom is -0.339 e. The van der Waals surface area contributed by atoms with E-state index in [1.807, 2.05) is 0 Å². The predicted molar refractivity (Wildman–Crippen MR) is 63.4 cm³/mol. The maximum absolute atomic E-state index is 8.67. The van der Waals surface area contributed by atoms with Crippen LogP contribution in [0.15, 0.2) is 4.52 Å². The van der Waals surface area contributed by atoms with Crippen LogP contribution in [-0.4, -0.2) is 10.1 Å². The van der Waals surface area contributed by atoms with E-state index in [2.05, 4.69) is 16.2 Å². The first-order chi connectivity index (χ1) is 8.83. The highest BCUT2D eigenvalue weighted by atomic mass is 16.5. The Morgan fingerprint density at radius 1 is 1.11 bits per heavy atom. The van der Waals surface area contributed by atoms with E-state index >= 15 is 0 Å². The first kappa shape index (κ1) is 10.5. The Bertz CT molecular complexity index is 473. The molecule has 5 rings (SSSR count). The van der Waals surface area contributed by atoms with Gasteiger partial charge in [0.2, 0.25) is 5.89 Å². The quantitative estimate of drug-likeness (QED) is 0.801. The summed E-state index contributed by atoms with van der Waals surface area (Å²) in [6.45, 7) is 0. The Labute approximate surface area is 106 Å². The van der Waals surface area contributed by atoms with E-state index in [9.17, 15) is 0 Å². The summed E-state index contributed by atoms with van der Waals surface area (Å²) in [6.07, 6.45) is 7.14. The summed E-state index contributed by atoms with van der Waals surface area (Å²) in [5.41, 5.74) is 0. The lowest BCUT2D eigenvalue weighted by atomic mass is 9.52. The summed E-state index contributed by atoms with van der Waals surface area (Å²) < 4.78 is 5.43. The van der Waals surface area contributed by atoms with Gasteiger partial charge in [-0.1, -0.05) is 5.16 Å². The van der Waals surface area contributed by atoms with Crippen LogP contribution in [0.1, 0.15) is 49.7 Å². The monoisotopic (exact) mass is 243 g/mol. The minimum atomic E-state index is 0.261. The molecular weight excluding hydrogens is 226 g/mol. The molecule has 4 nitrogen and oxygen atoms in total. The highest BCUT2D eigenvalue weighted by Gasteiger charge is 2.50. The van der Waals surface area contributed by atoms with Crippen molar-refractivity contribution in [3.05, 3.63) is 11.7 Å². The molecule has 4 aliphatic rings. The lowest BCUT2D eigenvalue weighted by Crippen LogP contribution is -2.43. The Kier molecular flexibility index (Phi) is 2.23. The van der Waals surface area contributed by atoms with Gasteiger partial charge in [-0.15, -0.1) is 0 Å². The molecule has 1 heterocycles. The molecule has 1 aromatic heterocycles. The molecule has 4 aliphatic carbocycles. The molecule has 0 amide bonds. The van der Waals surface area contributed by atoms with Crippen LogP contribution in [0.2, 0.25) is 0 Å². The molecule has 1 aromatic rings. The van der Waals surface area contributed by atoms with E-state index in [4.69, 9.17) is 9.78 Å². The first-order valence-electron chi connectivity index (χ1n) is 7.03.